The zero-order valence-electron chi connectivity index (χ0n) is 12.6. The molecule has 2 fully saturated rings. The summed E-state index contributed by atoms with van der Waals surface area (Å²) >= 11 is 0. The molecule has 0 aromatic rings. The van der Waals surface area contributed by atoms with Crippen molar-refractivity contribution >= 4 is 5.91 Å². The van der Waals surface area contributed by atoms with Gasteiger partial charge in [-0.2, -0.15) is 0 Å². The minimum atomic E-state index is -0.280. The predicted octanol–water partition coefficient (Wildman–Crippen LogP) is 0.873. The molecule has 0 radical (unpaired) electrons. The molecule has 3 N–H and O–H groups in total. The molecule has 2 rings (SSSR count). The molecule has 0 saturated carbocycles. The van der Waals surface area contributed by atoms with Gasteiger partial charge in [0.2, 0.25) is 5.91 Å². The van der Waals surface area contributed by atoms with Gasteiger partial charge in [0.1, 0.15) is 6.10 Å². The van der Waals surface area contributed by atoms with Gasteiger partial charge in [0.05, 0.1) is 6.10 Å². The van der Waals surface area contributed by atoms with Crippen LogP contribution in [-0.4, -0.2) is 55.2 Å². The van der Waals surface area contributed by atoms with Crippen LogP contribution >= 0.6 is 0 Å². The Morgan fingerprint density at radius 2 is 2.20 bits per heavy atom. The molecular formula is C15H29N3O2. The van der Waals surface area contributed by atoms with Gasteiger partial charge < -0.3 is 20.7 Å². The highest BCUT2D eigenvalue weighted by Crippen LogP contribution is 2.19. The maximum Gasteiger partial charge on any atom is 0.249 e. The molecule has 0 aliphatic carbocycles. The quantitative estimate of drug-likeness (QED) is 0.710. The number of likely N-dealkylation sites (tertiary alicyclic amines) is 1. The second-order valence-corrected chi connectivity index (χ2v) is 6.09. The van der Waals surface area contributed by atoms with E-state index < -0.39 is 0 Å². The van der Waals surface area contributed by atoms with Crippen molar-refractivity contribution in [2.75, 3.05) is 26.2 Å². The summed E-state index contributed by atoms with van der Waals surface area (Å²) in [6.45, 7) is 5.85. The number of hydrogen-bond acceptors (Lipinski definition) is 4. The van der Waals surface area contributed by atoms with Crippen molar-refractivity contribution in [1.29, 1.82) is 0 Å². The van der Waals surface area contributed by atoms with Crippen molar-refractivity contribution in [3.63, 3.8) is 0 Å². The maximum absolute atomic E-state index is 11.9. The summed E-state index contributed by atoms with van der Waals surface area (Å²) in [4.78, 5) is 14.5. The third-order valence-corrected chi connectivity index (χ3v) is 4.52. The van der Waals surface area contributed by atoms with Crippen LogP contribution in [-0.2, 0) is 9.53 Å². The minimum Gasteiger partial charge on any atom is -0.364 e. The molecule has 2 aliphatic rings. The number of amides is 1. The van der Waals surface area contributed by atoms with Crippen LogP contribution in [0.1, 0.15) is 45.4 Å². The van der Waals surface area contributed by atoms with E-state index in [9.17, 15) is 4.79 Å². The normalized spacial score (nSPS) is 31.4. The van der Waals surface area contributed by atoms with Crippen LogP contribution < -0.4 is 11.1 Å². The minimum absolute atomic E-state index is 0.0349. The van der Waals surface area contributed by atoms with E-state index >= 15 is 0 Å². The number of ether oxygens (including phenoxy) is 1. The van der Waals surface area contributed by atoms with Crippen LogP contribution in [0.4, 0.5) is 0 Å². The van der Waals surface area contributed by atoms with Crippen molar-refractivity contribution < 1.29 is 9.53 Å². The van der Waals surface area contributed by atoms with Crippen LogP contribution in [0.5, 0.6) is 0 Å². The van der Waals surface area contributed by atoms with Crippen molar-refractivity contribution in [2.24, 2.45) is 5.73 Å². The number of rotatable bonds is 6. The molecule has 2 saturated heterocycles. The van der Waals surface area contributed by atoms with E-state index in [1.165, 1.54) is 25.8 Å². The summed E-state index contributed by atoms with van der Waals surface area (Å²) in [6.07, 6.45) is 6.49. The fourth-order valence-electron chi connectivity index (χ4n) is 3.17. The lowest BCUT2D eigenvalue weighted by atomic mass is 10.0. The molecular weight excluding hydrogens is 254 g/mol. The lowest BCUT2D eigenvalue weighted by Crippen LogP contribution is -2.40. The number of nitrogens with two attached hydrogens (primary N) is 1. The summed E-state index contributed by atoms with van der Waals surface area (Å²) in [5, 5.41) is 2.99. The van der Waals surface area contributed by atoms with Crippen molar-refractivity contribution in [2.45, 2.75) is 63.7 Å². The van der Waals surface area contributed by atoms with Crippen molar-refractivity contribution in [3.8, 4) is 0 Å². The van der Waals surface area contributed by atoms with Crippen LogP contribution in [0.3, 0.4) is 0 Å². The Bertz CT molecular complexity index is 311. The predicted molar refractivity (Wildman–Crippen MR) is 79.5 cm³/mol. The molecule has 0 aromatic carbocycles. The Morgan fingerprint density at radius 1 is 1.35 bits per heavy atom. The Balaban J connectivity index is 1.57. The fraction of sp³-hybridized carbons (Fsp3) is 0.933. The van der Waals surface area contributed by atoms with Gasteiger partial charge in [-0.3, -0.25) is 4.79 Å². The topological polar surface area (TPSA) is 67.6 Å². The average Bonchev–Trinajstić information content (AvgIpc) is 2.94. The summed E-state index contributed by atoms with van der Waals surface area (Å²) in [6, 6.07) is 0.697. The van der Waals surface area contributed by atoms with Gasteiger partial charge in [0, 0.05) is 25.7 Å². The zero-order valence-corrected chi connectivity index (χ0v) is 12.6. The van der Waals surface area contributed by atoms with Gasteiger partial charge in [-0.1, -0.05) is 6.42 Å². The molecule has 2 heterocycles. The van der Waals surface area contributed by atoms with Gasteiger partial charge in [-0.15, -0.1) is 0 Å². The number of hydrogen-bond donors (Lipinski definition) is 2. The van der Waals surface area contributed by atoms with E-state index in [1.54, 1.807) is 0 Å². The first-order valence-corrected chi connectivity index (χ1v) is 8.08. The molecule has 0 aromatic heterocycles. The SMILES string of the molecule is CC1CCCCN1CCCNC(=O)C1CCC(CN)O1. The number of carbonyl (C=O) groups is 1. The molecule has 0 spiro atoms. The second kappa shape index (κ2) is 7.96. The smallest absolute Gasteiger partial charge is 0.249 e. The largest absolute Gasteiger partial charge is 0.364 e. The van der Waals surface area contributed by atoms with Crippen LogP contribution in [0, 0.1) is 0 Å². The number of piperidine rings is 1. The molecule has 0 bridgehead atoms. The van der Waals surface area contributed by atoms with Crippen LogP contribution in [0.2, 0.25) is 0 Å². The van der Waals surface area contributed by atoms with Gasteiger partial charge in [0.25, 0.3) is 0 Å². The van der Waals surface area contributed by atoms with E-state index in [2.05, 4.69) is 17.1 Å². The van der Waals surface area contributed by atoms with E-state index in [0.29, 0.717) is 12.6 Å². The third-order valence-electron chi connectivity index (χ3n) is 4.52. The lowest BCUT2D eigenvalue weighted by Gasteiger charge is -2.33. The molecule has 1 amide bonds. The molecule has 20 heavy (non-hydrogen) atoms. The fourth-order valence-corrected chi connectivity index (χ4v) is 3.17. The Hall–Kier alpha value is -0.650. The van der Waals surface area contributed by atoms with E-state index in [0.717, 1.165) is 32.4 Å². The highest BCUT2D eigenvalue weighted by molar-refractivity contribution is 5.80. The first-order valence-electron chi connectivity index (χ1n) is 8.08. The van der Waals surface area contributed by atoms with Crippen molar-refractivity contribution in [3.05, 3.63) is 0 Å². The molecule has 2 aliphatic heterocycles. The van der Waals surface area contributed by atoms with Gasteiger partial charge in [-0.05, 0) is 45.6 Å². The van der Waals surface area contributed by atoms with Crippen LogP contribution in [0.15, 0.2) is 0 Å². The molecule has 3 unspecified atom stereocenters. The summed E-state index contributed by atoms with van der Waals surface area (Å²) < 4.78 is 5.59. The Morgan fingerprint density at radius 3 is 2.90 bits per heavy atom. The lowest BCUT2D eigenvalue weighted by molar-refractivity contribution is -0.131. The molecule has 5 heteroatoms. The summed E-state index contributed by atoms with van der Waals surface area (Å²) in [7, 11) is 0. The van der Waals surface area contributed by atoms with E-state index in [-0.39, 0.29) is 18.1 Å². The molecule has 3 atom stereocenters. The molecule has 5 nitrogen and oxygen atoms in total. The summed E-state index contributed by atoms with van der Waals surface area (Å²) in [5.74, 6) is 0.0349. The van der Waals surface area contributed by atoms with E-state index in [1.807, 2.05) is 0 Å². The first kappa shape index (κ1) is 15.7. The highest BCUT2D eigenvalue weighted by Gasteiger charge is 2.29. The van der Waals surface area contributed by atoms with Gasteiger partial charge >= 0.3 is 0 Å². The third kappa shape index (κ3) is 4.43. The van der Waals surface area contributed by atoms with Gasteiger partial charge in [0.15, 0.2) is 0 Å². The maximum atomic E-state index is 11.9. The molecule has 116 valence electrons. The Kier molecular flexibility index (Phi) is 6.26. The number of nitrogens with zero attached hydrogens (tertiary/aromatic N) is 1. The first-order chi connectivity index (χ1) is 9.70. The monoisotopic (exact) mass is 283 g/mol. The van der Waals surface area contributed by atoms with E-state index in [4.69, 9.17) is 10.5 Å². The second-order valence-electron chi connectivity index (χ2n) is 6.09. The highest BCUT2D eigenvalue weighted by atomic mass is 16.5. The zero-order chi connectivity index (χ0) is 14.4. The Labute approximate surface area is 122 Å². The van der Waals surface area contributed by atoms with Gasteiger partial charge in [-0.25, -0.2) is 0 Å². The van der Waals surface area contributed by atoms with Crippen LogP contribution in [0.25, 0.3) is 0 Å². The standard InChI is InChI=1S/C15H29N3O2/c1-12-5-2-3-9-18(12)10-4-8-17-15(19)14-7-6-13(11-16)20-14/h12-14H,2-11,16H2,1H3,(H,17,19). The van der Waals surface area contributed by atoms with Crippen molar-refractivity contribution in [1.82, 2.24) is 10.2 Å². The number of nitrogens with one attached hydrogen (secondary N) is 1. The summed E-state index contributed by atoms with van der Waals surface area (Å²) in [5.41, 5.74) is 5.55. The average molecular weight is 283 g/mol. The number of carbonyl (C=O) groups excluding carboxylic acids is 1.